The topological polar surface area (TPSA) is 72.2 Å². The lowest BCUT2D eigenvalue weighted by atomic mass is 9.86. The second-order valence-corrected chi connectivity index (χ2v) is 9.81. The summed E-state index contributed by atoms with van der Waals surface area (Å²) in [6.45, 7) is 0. The highest BCUT2D eigenvalue weighted by atomic mass is 79.9. The number of nitrogens with one attached hydrogen (secondary N) is 1. The third-order valence-corrected chi connectivity index (χ3v) is 6.80. The number of benzene rings is 3. The third kappa shape index (κ3) is 5.42. The Morgan fingerprint density at radius 3 is 1.73 bits per heavy atom. The zero-order chi connectivity index (χ0) is 30.4. The summed E-state index contributed by atoms with van der Waals surface area (Å²) < 4.78 is 134. The van der Waals surface area contributed by atoms with E-state index >= 15 is 4.39 Å². The molecule has 0 bridgehead atoms. The number of rotatable bonds is 6. The maximum absolute atomic E-state index is 15.1. The largest absolute Gasteiger partial charge is 0.457 e. The van der Waals surface area contributed by atoms with E-state index in [1.54, 1.807) is 0 Å². The van der Waals surface area contributed by atoms with Crippen LogP contribution in [-0.2, 0) is 5.67 Å². The number of alkyl halides is 9. The van der Waals surface area contributed by atoms with Gasteiger partial charge in [0, 0.05) is 42.5 Å². The van der Waals surface area contributed by atoms with Gasteiger partial charge >= 0.3 is 23.9 Å². The Morgan fingerprint density at radius 1 is 0.750 bits per heavy atom. The number of anilines is 1. The highest BCUT2D eigenvalue weighted by Gasteiger charge is 2.81. The molecule has 0 heterocycles. The van der Waals surface area contributed by atoms with Gasteiger partial charge < -0.3 is 11.1 Å². The molecule has 3 aromatic carbocycles. The van der Waals surface area contributed by atoms with E-state index in [0.717, 1.165) is 30.3 Å². The first-order valence-corrected chi connectivity index (χ1v) is 12.0. The second kappa shape index (κ2) is 10.7. The summed E-state index contributed by atoms with van der Waals surface area (Å²) in [5.74, 6) is -9.59. The molecule has 0 fully saturated rings. The molecule has 3 rings (SSSR count). The van der Waals surface area contributed by atoms with Gasteiger partial charge in [-0.1, -0.05) is 37.9 Å². The van der Waals surface area contributed by atoms with Crippen LogP contribution in [0.4, 0.5) is 49.6 Å². The van der Waals surface area contributed by atoms with Gasteiger partial charge in [0.2, 0.25) is 5.91 Å². The number of hydrogen-bond donors (Lipinski definition) is 2. The number of halogens is 12. The number of amides is 2. The molecule has 0 spiro atoms. The SMILES string of the molecule is NC(=O)c1cccc(NC(=O)c2ccc(F)cc2)c1-c1c(Br)cc(C(F)(C(F)(F)F)C(F)(F)C(F)(F)F)cc1Br. The predicted molar refractivity (Wildman–Crippen MR) is 130 cm³/mol. The van der Waals surface area contributed by atoms with Crippen LogP contribution in [0.3, 0.4) is 0 Å². The predicted octanol–water partition coefficient (Wildman–Crippen LogP) is 8.29. The summed E-state index contributed by atoms with van der Waals surface area (Å²) in [5.41, 5.74) is -4.36. The number of primary amides is 1. The van der Waals surface area contributed by atoms with Crippen LogP contribution < -0.4 is 11.1 Å². The van der Waals surface area contributed by atoms with Crippen molar-refractivity contribution in [2.75, 3.05) is 5.32 Å². The molecule has 0 saturated heterocycles. The van der Waals surface area contributed by atoms with Gasteiger partial charge in [-0.2, -0.15) is 35.1 Å². The van der Waals surface area contributed by atoms with E-state index < -0.39 is 56.1 Å². The molecule has 3 aromatic rings. The molecular formula is C24H12Br2F10N2O2. The molecule has 3 N–H and O–H groups in total. The van der Waals surface area contributed by atoms with E-state index in [1.807, 2.05) is 0 Å². The molecule has 1 unspecified atom stereocenters. The summed E-state index contributed by atoms with van der Waals surface area (Å²) in [7, 11) is 0. The Labute approximate surface area is 234 Å². The Hall–Kier alpha value is -3.14. The average molecular weight is 710 g/mol. The first kappa shape index (κ1) is 31.4. The maximum atomic E-state index is 15.1. The van der Waals surface area contributed by atoms with Crippen LogP contribution in [0.5, 0.6) is 0 Å². The molecule has 0 saturated carbocycles. The minimum Gasteiger partial charge on any atom is -0.366 e. The van der Waals surface area contributed by atoms with Crippen LogP contribution in [0.2, 0.25) is 0 Å². The average Bonchev–Trinajstić information content (AvgIpc) is 2.82. The van der Waals surface area contributed by atoms with Crippen LogP contribution in [0, 0.1) is 5.82 Å². The van der Waals surface area contributed by atoms with Gasteiger partial charge in [0.1, 0.15) is 5.82 Å². The first-order chi connectivity index (χ1) is 18.2. The van der Waals surface area contributed by atoms with E-state index in [4.69, 9.17) is 5.73 Å². The summed E-state index contributed by atoms with van der Waals surface area (Å²) in [5, 5.41) is 2.37. The zero-order valence-electron chi connectivity index (χ0n) is 19.1. The lowest BCUT2D eigenvalue weighted by molar-refractivity contribution is -0.389. The van der Waals surface area contributed by atoms with Gasteiger partial charge in [-0.25, -0.2) is 8.78 Å². The van der Waals surface area contributed by atoms with Crippen LogP contribution in [0.1, 0.15) is 26.3 Å². The van der Waals surface area contributed by atoms with Crippen molar-refractivity contribution in [1.29, 1.82) is 0 Å². The zero-order valence-corrected chi connectivity index (χ0v) is 22.3. The van der Waals surface area contributed by atoms with Crippen LogP contribution in [0.15, 0.2) is 63.5 Å². The Morgan fingerprint density at radius 2 is 1.27 bits per heavy atom. The van der Waals surface area contributed by atoms with Crippen molar-refractivity contribution >= 4 is 49.4 Å². The quantitative estimate of drug-likeness (QED) is 0.253. The first-order valence-electron chi connectivity index (χ1n) is 10.4. The van der Waals surface area contributed by atoms with E-state index in [2.05, 4.69) is 37.2 Å². The number of carbonyl (C=O) groups is 2. The summed E-state index contributed by atoms with van der Waals surface area (Å²) in [6.07, 6.45) is -13.7. The second-order valence-electron chi connectivity index (χ2n) is 8.10. The van der Waals surface area contributed by atoms with Crippen molar-refractivity contribution in [2.24, 2.45) is 5.73 Å². The molecule has 4 nitrogen and oxygen atoms in total. The van der Waals surface area contributed by atoms with Crippen molar-refractivity contribution in [1.82, 2.24) is 0 Å². The molecule has 1 atom stereocenters. The highest BCUT2D eigenvalue weighted by molar-refractivity contribution is 9.11. The summed E-state index contributed by atoms with van der Waals surface area (Å²) in [6, 6.07) is 7.75. The third-order valence-electron chi connectivity index (χ3n) is 5.55. The van der Waals surface area contributed by atoms with E-state index in [-0.39, 0.29) is 40.1 Å². The lowest BCUT2D eigenvalue weighted by Gasteiger charge is -2.36. The van der Waals surface area contributed by atoms with Gasteiger partial charge in [0.15, 0.2) is 0 Å². The Balaban J connectivity index is 2.27. The molecule has 214 valence electrons. The van der Waals surface area contributed by atoms with E-state index in [0.29, 0.717) is 0 Å². The number of carbonyl (C=O) groups excluding carboxylic acids is 2. The van der Waals surface area contributed by atoms with Crippen molar-refractivity contribution in [3.63, 3.8) is 0 Å². The minimum atomic E-state index is -6.94. The van der Waals surface area contributed by atoms with Crippen molar-refractivity contribution in [2.45, 2.75) is 23.9 Å². The van der Waals surface area contributed by atoms with Crippen molar-refractivity contribution < 1.29 is 53.5 Å². The van der Waals surface area contributed by atoms with Gasteiger partial charge in [-0.3, -0.25) is 9.59 Å². The van der Waals surface area contributed by atoms with Crippen LogP contribution in [0.25, 0.3) is 11.1 Å². The monoisotopic (exact) mass is 708 g/mol. The van der Waals surface area contributed by atoms with Gasteiger partial charge in [0.05, 0.1) is 0 Å². The number of hydrogen-bond acceptors (Lipinski definition) is 2. The number of nitrogens with two attached hydrogens (primary N) is 1. The lowest BCUT2D eigenvalue weighted by Crippen LogP contribution is -2.59. The Kier molecular flexibility index (Phi) is 8.39. The Bertz CT molecular complexity index is 1450. The van der Waals surface area contributed by atoms with Crippen LogP contribution >= 0.6 is 31.9 Å². The molecule has 2 amide bonds. The van der Waals surface area contributed by atoms with Gasteiger partial charge in [-0.05, 0) is 48.5 Å². The summed E-state index contributed by atoms with van der Waals surface area (Å²) >= 11 is 5.50. The van der Waals surface area contributed by atoms with Crippen molar-refractivity contribution in [3.05, 3.63) is 86.1 Å². The smallest absolute Gasteiger partial charge is 0.366 e. The normalized spacial score (nSPS) is 14.0. The molecular weight excluding hydrogens is 698 g/mol. The van der Waals surface area contributed by atoms with Crippen LogP contribution in [-0.4, -0.2) is 30.1 Å². The fourth-order valence-corrected chi connectivity index (χ4v) is 5.24. The molecule has 40 heavy (non-hydrogen) atoms. The van der Waals surface area contributed by atoms with E-state index in [1.165, 1.54) is 12.1 Å². The molecule has 16 heteroatoms. The van der Waals surface area contributed by atoms with Crippen molar-refractivity contribution in [3.8, 4) is 11.1 Å². The fraction of sp³-hybridized carbons (Fsp3) is 0.167. The fourth-order valence-electron chi connectivity index (χ4n) is 3.66. The minimum absolute atomic E-state index is 0.0383. The molecule has 0 aromatic heterocycles. The molecule has 0 radical (unpaired) electrons. The molecule has 0 aliphatic heterocycles. The maximum Gasteiger partial charge on any atom is 0.457 e. The van der Waals surface area contributed by atoms with E-state index in [9.17, 15) is 49.1 Å². The standard InChI is InChI=1S/C24H12Br2F10N2O2/c25-14-8-11(21(28,23(31,32)33)22(29,30)24(34,35)36)9-15(26)18(14)17-13(19(37)39)2-1-3-16(17)38-20(40)10-4-6-12(27)7-5-10/h1-9H,(H2,37,39)(H,38,40). The summed E-state index contributed by atoms with van der Waals surface area (Å²) in [4.78, 5) is 24.9. The van der Waals surface area contributed by atoms with Gasteiger partial charge in [-0.15, -0.1) is 0 Å². The molecule has 0 aliphatic rings. The molecule has 0 aliphatic carbocycles. The highest BCUT2D eigenvalue weighted by Crippen LogP contribution is 2.59. The van der Waals surface area contributed by atoms with Gasteiger partial charge in [0.25, 0.3) is 5.91 Å².